The minimum atomic E-state index is -3.32. The van der Waals surface area contributed by atoms with E-state index in [4.69, 9.17) is 0 Å². The number of rotatable bonds is 16. The molecule has 14 nitrogen and oxygen atoms in total. The third-order valence-corrected chi connectivity index (χ3v) is 5.45. The van der Waals surface area contributed by atoms with Gasteiger partial charge in [-0.2, -0.15) is 9.97 Å². The number of carboxylic acid groups (broad SMARTS) is 2. The van der Waals surface area contributed by atoms with E-state index in [1.54, 1.807) is 0 Å². The van der Waals surface area contributed by atoms with Gasteiger partial charge in [0.15, 0.2) is 0 Å². The van der Waals surface area contributed by atoms with Gasteiger partial charge in [0.1, 0.15) is 23.9 Å². The molecular formula is C19H26N6O8S2. The van der Waals surface area contributed by atoms with E-state index in [2.05, 4.69) is 38.9 Å². The fourth-order valence-corrected chi connectivity index (χ4v) is 3.61. The van der Waals surface area contributed by atoms with Crippen LogP contribution in [0, 0.1) is 0 Å². The summed E-state index contributed by atoms with van der Waals surface area (Å²) in [4.78, 5) is 40.3. The number of aryl methyl sites for hydroxylation is 2. The highest BCUT2D eigenvalue weighted by Crippen LogP contribution is 2.19. The Labute approximate surface area is 206 Å². The zero-order valence-corrected chi connectivity index (χ0v) is 20.6. The number of carboxylic acids is 2. The van der Waals surface area contributed by atoms with Crippen LogP contribution in [0.3, 0.4) is 0 Å². The molecule has 5 N–H and O–H groups in total. The number of aromatic nitrogens is 3. The average Bonchev–Trinajstić information content (AvgIpc) is 2.78. The summed E-state index contributed by atoms with van der Waals surface area (Å²) in [6, 6.07) is 3.59. The van der Waals surface area contributed by atoms with E-state index < -0.39 is 22.0 Å². The Morgan fingerprint density at radius 1 is 0.971 bits per heavy atom. The molecule has 2 rings (SSSR count). The van der Waals surface area contributed by atoms with Gasteiger partial charge in [-0.05, 0) is 31.0 Å². The first-order valence-electron chi connectivity index (χ1n) is 10.2. The normalized spacial score (nSPS) is 11.4. The Bertz CT molecular complexity index is 1100. The Kier molecular flexibility index (Phi) is 11.2. The molecule has 0 saturated heterocycles. The summed E-state index contributed by atoms with van der Waals surface area (Å²) < 4.78 is 32.5. The Morgan fingerprint density at radius 3 is 2.06 bits per heavy atom. The predicted molar refractivity (Wildman–Crippen MR) is 127 cm³/mol. The average molecular weight is 531 g/mol. The van der Waals surface area contributed by atoms with Crippen molar-refractivity contribution in [3.8, 4) is 0 Å². The minimum Gasteiger partial charge on any atom is -0.478 e. The second-order valence-electron chi connectivity index (χ2n) is 7.11. The molecule has 0 spiro atoms. The third kappa shape index (κ3) is 10.9. The highest BCUT2D eigenvalue weighted by Gasteiger charge is 2.14. The van der Waals surface area contributed by atoms with Gasteiger partial charge in [-0.1, -0.05) is 0 Å². The van der Waals surface area contributed by atoms with Crippen LogP contribution >= 0.6 is 12.2 Å². The minimum absolute atomic E-state index is 0.102. The van der Waals surface area contributed by atoms with Crippen LogP contribution in [-0.4, -0.2) is 72.0 Å². The van der Waals surface area contributed by atoms with Gasteiger partial charge in [0.25, 0.3) is 0 Å². The first kappa shape index (κ1) is 28.3. The van der Waals surface area contributed by atoms with Gasteiger partial charge < -0.3 is 15.5 Å². The third-order valence-electron chi connectivity index (χ3n) is 4.19. The standard InChI is InChI=1S/C19H26N6O8S2/c1-32-33-34-20-7-3-5-15-23-16(6-4-8-21-35(2,30)31)25-19(24-15)22-14-10-12(17(26)27)9-13(11-14)18(28)29/h9-11,20-21H,3-8H2,1-2H3,(H,26,27)(H,28,29)(H,22,23,24,25). The SMILES string of the molecule is COOSNCCCc1nc(CCCNS(C)(=O)=O)nc(Nc2cc(C(=O)O)cc(C(=O)O)c2)n1. The van der Waals surface area contributed by atoms with Gasteiger partial charge in [0.2, 0.25) is 16.0 Å². The van der Waals surface area contributed by atoms with Gasteiger partial charge >= 0.3 is 11.9 Å². The van der Waals surface area contributed by atoms with Gasteiger partial charge in [0, 0.05) is 31.6 Å². The van der Waals surface area contributed by atoms with E-state index in [1.807, 2.05) is 0 Å². The van der Waals surface area contributed by atoms with Crippen molar-refractivity contribution in [2.24, 2.45) is 0 Å². The zero-order chi connectivity index (χ0) is 25.8. The van der Waals surface area contributed by atoms with Crippen molar-refractivity contribution in [1.82, 2.24) is 24.4 Å². The highest BCUT2D eigenvalue weighted by molar-refractivity contribution is 7.92. The van der Waals surface area contributed by atoms with Crippen molar-refractivity contribution in [3.63, 3.8) is 0 Å². The van der Waals surface area contributed by atoms with E-state index in [-0.39, 0.29) is 29.3 Å². The molecule has 0 aliphatic carbocycles. The molecule has 1 heterocycles. The van der Waals surface area contributed by atoms with Gasteiger partial charge in [0.05, 0.1) is 24.5 Å². The zero-order valence-electron chi connectivity index (χ0n) is 19.0. The summed E-state index contributed by atoms with van der Waals surface area (Å²) in [5.41, 5.74) is -0.245. The summed E-state index contributed by atoms with van der Waals surface area (Å²) in [6.45, 7) is 0.755. The van der Waals surface area contributed by atoms with Crippen LogP contribution < -0.4 is 14.8 Å². The quantitative estimate of drug-likeness (QED) is 0.0680. The molecule has 0 unspecified atom stereocenters. The van der Waals surface area contributed by atoms with Crippen LogP contribution in [0.4, 0.5) is 11.6 Å². The molecule has 192 valence electrons. The van der Waals surface area contributed by atoms with Crippen molar-refractivity contribution in [2.45, 2.75) is 25.7 Å². The second-order valence-corrected chi connectivity index (χ2v) is 9.54. The molecule has 0 bridgehead atoms. The molecule has 0 fully saturated rings. The van der Waals surface area contributed by atoms with Crippen molar-refractivity contribution in [2.75, 3.05) is 31.8 Å². The van der Waals surface area contributed by atoms with Gasteiger partial charge in [-0.25, -0.2) is 37.3 Å². The Balaban J connectivity index is 2.21. The molecule has 1 aromatic heterocycles. The molecule has 1 aromatic carbocycles. The van der Waals surface area contributed by atoms with Crippen LogP contribution in [0.25, 0.3) is 0 Å². The Morgan fingerprint density at radius 2 is 1.54 bits per heavy atom. The van der Waals surface area contributed by atoms with E-state index in [0.717, 1.165) is 24.6 Å². The molecule has 16 heteroatoms. The van der Waals surface area contributed by atoms with Crippen molar-refractivity contribution >= 4 is 45.8 Å². The van der Waals surface area contributed by atoms with E-state index in [9.17, 15) is 28.2 Å². The topological polar surface area (TPSA) is 202 Å². The molecule has 0 atom stereocenters. The van der Waals surface area contributed by atoms with Crippen LogP contribution in [-0.2, 0) is 32.1 Å². The number of anilines is 2. The number of aromatic carboxylic acids is 2. The number of nitrogens with one attached hydrogen (secondary N) is 3. The van der Waals surface area contributed by atoms with Gasteiger partial charge in [-0.15, -0.1) is 4.33 Å². The number of carbonyl (C=O) groups is 2. The van der Waals surface area contributed by atoms with Gasteiger partial charge in [-0.3, -0.25) is 0 Å². The molecule has 0 amide bonds. The number of hydrogen-bond donors (Lipinski definition) is 5. The molecule has 0 saturated carbocycles. The van der Waals surface area contributed by atoms with Crippen molar-refractivity contribution in [3.05, 3.63) is 41.0 Å². The van der Waals surface area contributed by atoms with Crippen LogP contribution in [0.1, 0.15) is 45.2 Å². The number of benzene rings is 1. The smallest absolute Gasteiger partial charge is 0.335 e. The predicted octanol–water partition coefficient (Wildman–Crippen LogP) is 1.16. The Hall–Kier alpha value is -2.89. The maximum absolute atomic E-state index is 11.4. The summed E-state index contributed by atoms with van der Waals surface area (Å²) >= 11 is 0.930. The number of hydrogen-bond acceptors (Lipinski definition) is 12. The molecule has 0 aliphatic rings. The second kappa shape index (κ2) is 13.9. The summed E-state index contributed by atoms with van der Waals surface area (Å²) in [7, 11) is -1.94. The van der Waals surface area contributed by atoms with E-state index in [0.29, 0.717) is 43.9 Å². The molecule has 0 aliphatic heterocycles. The fraction of sp³-hybridized carbons (Fsp3) is 0.421. The fourth-order valence-electron chi connectivity index (χ4n) is 2.75. The maximum Gasteiger partial charge on any atom is 0.335 e. The van der Waals surface area contributed by atoms with E-state index in [1.165, 1.54) is 19.2 Å². The molecule has 2 aromatic rings. The van der Waals surface area contributed by atoms with E-state index >= 15 is 0 Å². The van der Waals surface area contributed by atoms with Crippen molar-refractivity contribution < 1.29 is 37.4 Å². The summed E-state index contributed by atoms with van der Waals surface area (Å²) in [6.07, 6.45) is 2.94. The molecular weight excluding hydrogens is 504 g/mol. The first-order chi connectivity index (χ1) is 16.6. The largest absolute Gasteiger partial charge is 0.478 e. The lowest BCUT2D eigenvalue weighted by molar-refractivity contribution is -0.161. The first-order valence-corrected chi connectivity index (χ1v) is 12.9. The summed E-state index contributed by atoms with van der Waals surface area (Å²) in [5.74, 6) is -1.62. The number of sulfonamides is 1. The maximum atomic E-state index is 11.4. The molecule has 0 radical (unpaired) electrons. The lowest BCUT2D eigenvalue weighted by Crippen LogP contribution is -2.23. The monoisotopic (exact) mass is 530 g/mol. The van der Waals surface area contributed by atoms with Crippen molar-refractivity contribution in [1.29, 1.82) is 0 Å². The van der Waals surface area contributed by atoms with Crippen LogP contribution in [0.15, 0.2) is 18.2 Å². The summed E-state index contributed by atoms with van der Waals surface area (Å²) in [5, 5.41) is 21.4. The van der Waals surface area contributed by atoms with Crippen LogP contribution in [0.5, 0.6) is 0 Å². The highest BCUT2D eigenvalue weighted by atomic mass is 32.2. The lowest BCUT2D eigenvalue weighted by atomic mass is 10.1. The van der Waals surface area contributed by atoms with Crippen LogP contribution in [0.2, 0.25) is 0 Å². The molecule has 35 heavy (non-hydrogen) atoms. The number of nitrogens with zero attached hydrogens (tertiary/aromatic N) is 3. The lowest BCUT2D eigenvalue weighted by Gasteiger charge is -2.11.